The fourth-order valence-corrected chi connectivity index (χ4v) is 2.78. The van der Waals surface area contributed by atoms with Crippen molar-refractivity contribution in [1.82, 2.24) is 0 Å². The number of aliphatic hydroxyl groups excluding tert-OH is 1. The van der Waals surface area contributed by atoms with Crippen LogP contribution in [0, 0.1) is 11.2 Å². The molecule has 4 heteroatoms. The highest BCUT2D eigenvalue weighted by Crippen LogP contribution is 2.36. The molecule has 1 aromatic rings. The van der Waals surface area contributed by atoms with Crippen molar-refractivity contribution in [3.05, 3.63) is 29.0 Å². The molecule has 0 aliphatic heterocycles. The van der Waals surface area contributed by atoms with Gasteiger partial charge in [-0.3, -0.25) is 0 Å². The van der Waals surface area contributed by atoms with Crippen LogP contribution in [0.5, 0.6) is 0 Å². The summed E-state index contributed by atoms with van der Waals surface area (Å²) in [5, 5.41) is 13.2. The number of hydrogen-bond acceptors (Lipinski definition) is 2. The predicted molar refractivity (Wildman–Crippen MR) is 72.5 cm³/mol. The van der Waals surface area contributed by atoms with E-state index in [1.165, 1.54) is 18.6 Å². The molecule has 0 bridgehead atoms. The Morgan fingerprint density at radius 1 is 1.28 bits per heavy atom. The summed E-state index contributed by atoms with van der Waals surface area (Å²) in [6, 6.07) is 4.48. The van der Waals surface area contributed by atoms with Crippen molar-refractivity contribution in [2.45, 2.75) is 32.1 Å². The van der Waals surface area contributed by atoms with Crippen LogP contribution in [0.3, 0.4) is 0 Å². The third kappa shape index (κ3) is 3.15. The zero-order chi connectivity index (χ0) is 13.0. The minimum atomic E-state index is -0.303. The van der Waals surface area contributed by atoms with Gasteiger partial charge in [-0.15, -0.1) is 0 Å². The minimum Gasteiger partial charge on any atom is -0.396 e. The molecule has 2 nitrogen and oxygen atoms in total. The molecular formula is C14H19ClFNO. The van der Waals surface area contributed by atoms with E-state index in [-0.39, 0.29) is 17.8 Å². The molecular weight excluding hydrogens is 253 g/mol. The number of rotatable bonds is 4. The number of nitrogens with one attached hydrogen (secondary N) is 1. The lowest BCUT2D eigenvalue weighted by Gasteiger charge is -2.36. The smallest absolute Gasteiger partial charge is 0.146 e. The van der Waals surface area contributed by atoms with Crippen molar-refractivity contribution < 1.29 is 9.50 Å². The van der Waals surface area contributed by atoms with Crippen molar-refractivity contribution in [1.29, 1.82) is 0 Å². The van der Waals surface area contributed by atoms with E-state index in [1.54, 1.807) is 6.07 Å². The van der Waals surface area contributed by atoms with E-state index in [0.29, 0.717) is 17.3 Å². The van der Waals surface area contributed by atoms with E-state index >= 15 is 0 Å². The van der Waals surface area contributed by atoms with Crippen molar-refractivity contribution in [3.63, 3.8) is 0 Å². The number of halogens is 2. The van der Waals surface area contributed by atoms with Gasteiger partial charge in [0.15, 0.2) is 0 Å². The van der Waals surface area contributed by atoms with Crippen LogP contribution >= 0.6 is 11.6 Å². The van der Waals surface area contributed by atoms with E-state index in [1.807, 2.05) is 0 Å². The number of anilines is 1. The van der Waals surface area contributed by atoms with Crippen LogP contribution in [0.2, 0.25) is 5.02 Å². The maximum Gasteiger partial charge on any atom is 0.146 e. The molecule has 0 saturated heterocycles. The Labute approximate surface area is 112 Å². The van der Waals surface area contributed by atoms with Crippen molar-refractivity contribution in [2.24, 2.45) is 5.41 Å². The van der Waals surface area contributed by atoms with Gasteiger partial charge in [0, 0.05) is 17.0 Å². The summed E-state index contributed by atoms with van der Waals surface area (Å²) in [5.41, 5.74) is 0.313. The molecule has 0 radical (unpaired) electrons. The SMILES string of the molecule is OCC1(CNc2cc(Cl)ccc2F)CCCCC1. The first-order valence-corrected chi connectivity index (χ1v) is 6.83. The summed E-state index contributed by atoms with van der Waals surface area (Å²) in [4.78, 5) is 0. The second-order valence-electron chi connectivity index (χ2n) is 5.20. The second-order valence-corrected chi connectivity index (χ2v) is 5.63. The number of hydrogen-bond donors (Lipinski definition) is 2. The van der Waals surface area contributed by atoms with Crippen LogP contribution in [0.15, 0.2) is 18.2 Å². The van der Waals surface area contributed by atoms with E-state index < -0.39 is 0 Å². The summed E-state index contributed by atoms with van der Waals surface area (Å²) in [5.74, 6) is -0.303. The van der Waals surface area contributed by atoms with Gasteiger partial charge in [-0.05, 0) is 31.0 Å². The van der Waals surface area contributed by atoms with E-state index in [4.69, 9.17) is 11.6 Å². The molecule has 0 aromatic heterocycles. The lowest BCUT2D eigenvalue weighted by Crippen LogP contribution is -2.35. The van der Waals surface area contributed by atoms with E-state index in [0.717, 1.165) is 25.7 Å². The summed E-state index contributed by atoms with van der Waals surface area (Å²) in [6.07, 6.45) is 5.51. The van der Waals surface area contributed by atoms with Crippen molar-refractivity contribution >= 4 is 17.3 Å². The fraction of sp³-hybridized carbons (Fsp3) is 0.571. The third-order valence-electron chi connectivity index (χ3n) is 3.83. The predicted octanol–water partition coefficient (Wildman–Crippen LogP) is 3.83. The summed E-state index contributed by atoms with van der Waals surface area (Å²) in [7, 11) is 0. The molecule has 2 N–H and O–H groups in total. The van der Waals surface area contributed by atoms with Gasteiger partial charge in [-0.2, -0.15) is 0 Å². The molecule has 2 rings (SSSR count). The summed E-state index contributed by atoms with van der Waals surface area (Å²) >= 11 is 5.85. The summed E-state index contributed by atoms with van der Waals surface area (Å²) < 4.78 is 13.6. The lowest BCUT2D eigenvalue weighted by atomic mass is 9.74. The largest absolute Gasteiger partial charge is 0.396 e. The molecule has 0 heterocycles. The summed E-state index contributed by atoms with van der Waals surface area (Å²) in [6.45, 7) is 0.753. The Morgan fingerprint density at radius 3 is 2.67 bits per heavy atom. The number of benzene rings is 1. The topological polar surface area (TPSA) is 32.3 Å². The minimum absolute atomic E-state index is 0.104. The molecule has 0 unspecified atom stereocenters. The highest BCUT2D eigenvalue weighted by Gasteiger charge is 2.31. The van der Waals surface area contributed by atoms with Gasteiger partial charge in [0.1, 0.15) is 5.82 Å². The second kappa shape index (κ2) is 5.89. The highest BCUT2D eigenvalue weighted by molar-refractivity contribution is 6.30. The third-order valence-corrected chi connectivity index (χ3v) is 4.07. The fourth-order valence-electron chi connectivity index (χ4n) is 2.61. The van der Waals surface area contributed by atoms with Gasteiger partial charge >= 0.3 is 0 Å². The van der Waals surface area contributed by atoms with Gasteiger partial charge < -0.3 is 10.4 Å². The molecule has 1 saturated carbocycles. The molecule has 18 heavy (non-hydrogen) atoms. The molecule has 0 amide bonds. The normalized spacial score (nSPS) is 18.6. The quantitative estimate of drug-likeness (QED) is 0.872. The molecule has 1 aromatic carbocycles. The van der Waals surface area contributed by atoms with Crippen LogP contribution in [0.1, 0.15) is 32.1 Å². The average molecular weight is 272 g/mol. The molecule has 0 spiro atoms. The average Bonchev–Trinajstić information content (AvgIpc) is 2.41. The zero-order valence-electron chi connectivity index (χ0n) is 10.4. The Balaban J connectivity index is 2.03. The van der Waals surface area contributed by atoms with Crippen molar-refractivity contribution in [2.75, 3.05) is 18.5 Å². The van der Waals surface area contributed by atoms with Crippen LogP contribution in [-0.4, -0.2) is 18.3 Å². The van der Waals surface area contributed by atoms with Crippen LogP contribution in [0.25, 0.3) is 0 Å². The van der Waals surface area contributed by atoms with E-state index in [9.17, 15) is 9.50 Å². The van der Waals surface area contributed by atoms with Crippen molar-refractivity contribution in [3.8, 4) is 0 Å². The molecule has 1 aliphatic rings. The van der Waals surface area contributed by atoms with Crippen LogP contribution in [-0.2, 0) is 0 Å². The highest BCUT2D eigenvalue weighted by atomic mass is 35.5. The Kier molecular flexibility index (Phi) is 4.46. The number of aliphatic hydroxyl groups is 1. The first-order chi connectivity index (χ1) is 8.65. The van der Waals surface area contributed by atoms with Gasteiger partial charge in [-0.1, -0.05) is 30.9 Å². The van der Waals surface area contributed by atoms with Gasteiger partial charge in [0.2, 0.25) is 0 Å². The van der Waals surface area contributed by atoms with Gasteiger partial charge in [0.25, 0.3) is 0 Å². The van der Waals surface area contributed by atoms with Crippen LogP contribution in [0.4, 0.5) is 10.1 Å². The van der Waals surface area contributed by atoms with E-state index in [2.05, 4.69) is 5.32 Å². The van der Waals surface area contributed by atoms with Crippen LogP contribution < -0.4 is 5.32 Å². The molecule has 0 atom stereocenters. The first kappa shape index (κ1) is 13.6. The Hall–Kier alpha value is -0.800. The first-order valence-electron chi connectivity index (χ1n) is 6.45. The zero-order valence-corrected chi connectivity index (χ0v) is 11.1. The monoisotopic (exact) mass is 271 g/mol. The van der Waals surface area contributed by atoms with Gasteiger partial charge in [-0.25, -0.2) is 4.39 Å². The Bertz CT molecular complexity index is 405. The molecule has 100 valence electrons. The maximum atomic E-state index is 13.6. The van der Waals surface area contributed by atoms with Gasteiger partial charge in [0.05, 0.1) is 12.3 Å². The lowest BCUT2D eigenvalue weighted by molar-refractivity contribution is 0.0943. The Morgan fingerprint density at radius 2 is 2.00 bits per heavy atom. The molecule has 1 aliphatic carbocycles. The maximum absolute atomic E-state index is 13.6. The standard InChI is InChI=1S/C14H19ClFNO/c15-11-4-5-12(16)13(8-11)17-9-14(10-18)6-2-1-3-7-14/h4-5,8,17-18H,1-3,6-7,9-10H2. The molecule has 1 fully saturated rings.